The van der Waals surface area contributed by atoms with Crippen molar-refractivity contribution in [2.24, 2.45) is 0 Å². The molecule has 0 amide bonds. The summed E-state index contributed by atoms with van der Waals surface area (Å²) in [6, 6.07) is 11.5. The zero-order valence-electron chi connectivity index (χ0n) is 34.5. The number of ether oxygens (including phenoxy) is 7. The number of aliphatic hydroxyl groups excluding tert-OH is 9. The Labute approximate surface area is 372 Å². The van der Waals surface area contributed by atoms with Crippen molar-refractivity contribution in [3.63, 3.8) is 0 Å². The van der Waals surface area contributed by atoms with Crippen LogP contribution in [0.5, 0.6) is 28.7 Å². The number of carbonyl (C=O) groups excluding carboxylic acids is 1. The van der Waals surface area contributed by atoms with Crippen LogP contribution in [0.3, 0.4) is 0 Å². The molecule has 3 fully saturated rings. The van der Waals surface area contributed by atoms with E-state index < -0.39 is 146 Å². The third-order valence-electron chi connectivity index (χ3n) is 11.4. The Morgan fingerprint density at radius 2 is 1.29 bits per heavy atom. The fourth-order valence-corrected chi connectivity index (χ4v) is 7.88. The number of phenols is 4. The molecule has 7 rings (SSSR count). The minimum atomic E-state index is -2.11. The van der Waals surface area contributed by atoms with E-state index in [1.165, 1.54) is 55.7 Å². The molecule has 3 aromatic carbocycles. The Morgan fingerprint density at radius 3 is 1.94 bits per heavy atom. The number of rotatable bonds is 13. The second kappa shape index (κ2) is 20.2. The molecule has 358 valence electrons. The second-order valence-corrected chi connectivity index (χ2v) is 15.6. The summed E-state index contributed by atoms with van der Waals surface area (Å²) in [4.78, 5) is 27.5. The average molecular weight is 933 g/mol. The summed E-state index contributed by atoms with van der Waals surface area (Å²) in [5, 5.41) is 138. The van der Waals surface area contributed by atoms with Crippen LogP contribution in [0.15, 0.2) is 69.9 Å². The fourth-order valence-electron chi connectivity index (χ4n) is 7.88. The number of esters is 1. The molecule has 23 nitrogen and oxygen atoms in total. The molecule has 4 aromatic rings. The van der Waals surface area contributed by atoms with Gasteiger partial charge in [-0.1, -0.05) is 12.1 Å². The Balaban J connectivity index is 1.31. The van der Waals surface area contributed by atoms with E-state index in [4.69, 9.17) is 37.6 Å². The molecule has 0 radical (unpaired) electrons. The first-order valence-electron chi connectivity index (χ1n) is 20.3. The van der Waals surface area contributed by atoms with E-state index in [1.807, 2.05) is 0 Å². The Hall–Kier alpha value is -5.48. The van der Waals surface area contributed by atoms with Crippen LogP contribution in [0.4, 0.5) is 0 Å². The lowest BCUT2D eigenvalue weighted by Gasteiger charge is -2.49. The molecular weight excluding hydrogens is 884 g/mol. The van der Waals surface area contributed by atoms with E-state index >= 15 is 0 Å². The minimum Gasteiger partial charge on any atom is -0.508 e. The van der Waals surface area contributed by atoms with Gasteiger partial charge in [0.15, 0.2) is 35.6 Å². The van der Waals surface area contributed by atoms with E-state index in [-0.39, 0.29) is 34.2 Å². The second-order valence-electron chi connectivity index (χ2n) is 15.6. The Kier molecular flexibility index (Phi) is 14.8. The first-order chi connectivity index (χ1) is 31.5. The van der Waals surface area contributed by atoms with Crippen molar-refractivity contribution in [1.29, 1.82) is 0 Å². The number of aromatic hydroxyl groups is 4. The fraction of sp³-hybridized carbons (Fsp3) is 0.442. The highest BCUT2D eigenvalue weighted by Crippen LogP contribution is 2.47. The molecule has 3 aliphatic heterocycles. The topological polar surface area (TPSA) is 375 Å². The van der Waals surface area contributed by atoms with Gasteiger partial charge in [0.2, 0.25) is 0 Å². The summed E-state index contributed by atoms with van der Waals surface area (Å²) in [6.45, 7) is -2.87. The largest absolute Gasteiger partial charge is 0.508 e. The summed E-state index contributed by atoms with van der Waals surface area (Å²) in [5.41, 5.74) is -1.27. The molecule has 0 saturated carbocycles. The number of carbonyl (C=O) groups is 1. The lowest BCUT2D eigenvalue weighted by atomic mass is 9.88. The van der Waals surface area contributed by atoms with Crippen LogP contribution in [0.1, 0.15) is 17.2 Å². The molecule has 23 heteroatoms. The quantitative estimate of drug-likeness (QED) is 0.0496. The van der Waals surface area contributed by atoms with Crippen LogP contribution in [0.2, 0.25) is 0 Å². The molecule has 13 N–H and O–H groups in total. The number of methoxy groups -OCH3 is 1. The maximum Gasteiger partial charge on any atom is 0.331 e. The number of phenolic OH excluding ortho intramolecular Hbond substituents is 4. The van der Waals surface area contributed by atoms with Gasteiger partial charge in [-0.15, -0.1) is 0 Å². The summed E-state index contributed by atoms with van der Waals surface area (Å²) in [7, 11) is 1.30. The monoisotopic (exact) mass is 932 g/mol. The molecule has 1 aromatic heterocycles. The minimum absolute atomic E-state index is 0.0320. The molecule has 66 heavy (non-hydrogen) atoms. The third kappa shape index (κ3) is 9.53. The highest BCUT2D eigenvalue weighted by atomic mass is 16.8. The highest BCUT2D eigenvalue weighted by molar-refractivity contribution is 5.89. The van der Waals surface area contributed by atoms with Gasteiger partial charge >= 0.3 is 5.97 Å². The molecule has 0 unspecified atom stereocenters. The average Bonchev–Trinajstić information content (AvgIpc) is 3.29. The smallest absolute Gasteiger partial charge is 0.331 e. The van der Waals surface area contributed by atoms with Crippen molar-refractivity contribution in [2.45, 2.75) is 91.9 Å². The summed E-state index contributed by atoms with van der Waals surface area (Å²) >= 11 is 0. The predicted molar refractivity (Wildman–Crippen MR) is 218 cm³/mol. The summed E-state index contributed by atoms with van der Waals surface area (Å²) < 4.78 is 45.9. The number of hydrogen-bond acceptors (Lipinski definition) is 23. The van der Waals surface area contributed by atoms with Gasteiger partial charge in [-0.25, -0.2) is 4.79 Å². The Bertz CT molecular complexity index is 2420. The summed E-state index contributed by atoms with van der Waals surface area (Å²) in [6.07, 6.45) is -26.9. The van der Waals surface area contributed by atoms with Crippen LogP contribution in [0.25, 0.3) is 28.4 Å². The molecule has 4 heterocycles. The van der Waals surface area contributed by atoms with Gasteiger partial charge < -0.3 is 104 Å². The van der Waals surface area contributed by atoms with Crippen molar-refractivity contribution < 1.29 is 109 Å². The molecular formula is C43H48O23. The van der Waals surface area contributed by atoms with Crippen LogP contribution in [-0.2, 0) is 33.2 Å². The van der Waals surface area contributed by atoms with E-state index in [2.05, 4.69) is 0 Å². The van der Waals surface area contributed by atoms with Crippen LogP contribution < -0.4 is 10.2 Å². The maximum absolute atomic E-state index is 13.8. The van der Waals surface area contributed by atoms with Gasteiger partial charge in [0.05, 0.1) is 32.5 Å². The van der Waals surface area contributed by atoms with Crippen molar-refractivity contribution in [3.8, 4) is 40.1 Å². The van der Waals surface area contributed by atoms with Gasteiger partial charge in [0, 0.05) is 23.8 Å². The number of benzene rings is 3. The normalized spacial score (nSPS) is 32.7. The van der Waals surface area contributed by atoms with Gasteiger partial charge in [-0.2, -0.15) is 0 Å². The SMILES string of the molecule is COc1cc(-c2cc(=O)c3c(O)c([C@@H]4O[C@H](CO)[C@H](O)[C@@H](O[C@H]5O[C@@H](CO)[C@H](O)[C@@H](O)[C@@H]5O[C@@H]5O[C@H](CO)[C@@H](O)[C@H](O)[C@@H]5O)[C@@H]4OC(=O)/C=C\c4ccc(O)cc4)c(O)cc3o2)ccc1O. The van der Waals surface area contributed by atoms with Crippen molar-refractivity contribution in [1.82, 2.24) is 0 Å². The highest BCUT2D eigenvalue weighted by Gasteiger charge is 2.56. The van der Waals surface area contributed by atoms with E-state index in [0.29, 0.717) is 5.56 Å². The summed E-state index contributed by atoms with van der Waals surface area (Å²) in [5.74, 6) is -3.38. The standard InChI is InChI=1S/C43H48O23/c1-59-23-10-17(5-8-19(23)48)22-11-20(49)29-24(60-22)12-21(50)30(34(29)55)38-41(64-28(51)9-4-16-2-6-18(47)7-3-16)39(33(54)27(15-46)61-38)65-43-40(36(57)32(53)26(14-45)63-43)66-42-37(58)35(56)31(52)25(13-44)62-42/h2-12,25-27,31-33,35-48,50,52-58H,13-15H2,1H3/b9-4-/t25-,26+,27-,31-,32+,33+,35+,36-,37+,38+,39-,40+,41-,42+,43-/m1/s1. The Morgan fingerprint density at radius 1 is 0.667 bits per heavy atom. The van der Waals surface area contributed by atoms with E-state index in [9.17, 15) is 76.0 Å². The van der Waals surface area contributed by atoms with Gasteiger partial charge in [-0.3, -0.25) is 4.79 Å². The maximum atomic E-state index is 13.8. The van der Waals surface area contributed by atoms with Crippen molar-refractivity contribution in [2.75, 3.05) is 26.9 Å². The number of fused-ring (bicyclic) bond motifs is 1. The molecule has 15 atom stereocenters. The van der Waals surface area contributed by atoms with Crippen LogP contribution in [0, 0.1) is 0 Å². The molecule has 3 aliphatic rings. The zero-order chi connectivity index (χ0) is 47.7. The van der Waals surface area contributed by atoms with Crippen LogP contribution >= 0.6 is 0 Å². The molecule has 0 spiro atoms. The van der Waals surface area contributed by atoms with Crippen LogP contribution in [-0.4, -0.2) is 185 Å². The number of hydrogen-bond donors (Lipinski definition) is 13. The van der Waals surface area contributed by atoms with Crippen molar-refractivity contribution >= 4 is 23.0 Å². The number of aliphatic hydroxyl groups is 9. The van der Waals surface area contributed by atoms with Gasteiger partial charge in [0.25, 0.3) is 0 Å². The third-order valence-corrected chi connectivity index (χ3v) is 11.4. The van der Waals surface area contributed by atoms with E-state index in [1.54, 1.807) is 0 Å². The first kappa shape index (κ1) is 48.5. The molecule has 0 bridgehead atoms. The lowest BCUT2D eigenvalue weighted by Crippen LogP contribution is -2.66. The molecule has 0 aliphatic carbocycles. The first-order valence-corrected chi connectivity index (χ1v) is 20.3. The van der Waals surface area contributed by atoms with Crippen molar-refractivity contribution in [3.05, 3.63) is 82.0 Å². The molecule has 3 saturated heterocycles. The van der Waals surface area contributed by atoms with E-state index in [0.717, 1.165) is 18.2 Å². The predicted octanol–water partition coefficient (Wildman–Crippen LogP) is -2.28. The zero-order valence-corrected chi connectivity index (χ0v) is 34.5. The van der Waals surface area contributed by atoms with Gasteiger partial charge in [0.1, 0.15) is 107 Å². The van der Waals surface area contributed by atoms with Gasteiger partial charge in [-0.05, 0) is 42.0 Å². The lowest BCUT2D eigenvalue weighted by molar-refractivity contribution is -0.382.